The van der Waals surface area contributed by atoms with Crippen LogP contribution in [-0.4, -0.2) is 26.7 Å². The molecule has 2 aromatic heterocycles. The third-order valence-electron chi connectivity index (χ3n) is 2.94. The fourth-order valence-corrected chi connectivity index (χ4v) is 2.19. The average Bonchev–Trinajstić information content (AvgIpc) is 2.94. The van der Waals surface area contributed by atoms with Crippen LogP contribution in [0.4, 0.5) is 5.82 Å². The van der Waals surface area contributed by atoms with Crippen molar-refractivity contribution in [3.8, 4) is 5.75 Å². The molecule has 0 amide bonds. The molecule has 0 saturated carbocycles. The van der Waals surface area contributed by atoms with Gasteiger partial charge in [0.2, 0.25) is 5.65 Å². The molecule has 3 aromatic rings. The molecule has 102 valence electrons. The molecule has 0 aliphatic rings. The van der Waals surface area contributed by atoms with Gasteiger partial charge < -0.3 is 10.1 Å². The summed E-state index contributed by atoms with van der Waals surface area (Å²) in [5, 5.41) is 11.7. The fraction of sp³-hybridized carbons (Fsp3) is 0.154. The van der Waals surface area contributed by atoms with Crippen molar-refractivity contribution in [2.24, 2.45) is 0 Å². The Morgan fingerprint density at radius 2 is 2.30 bits per heavy atom. The molecule has 0 aliphatic carbocycles. The number of anilines is 1. The first-order valence-corrected chi connectivity index (χ1v) is 6.37. The lowest BCUT2D eigenvalue weighted by Crippen LogP contribution is -2.05. The van der Waals surface area contributed by atoms with E-state index < -0.39 is 0 Å². The number of benzene rings is 1. The highest BCUT2D eigenvalue weighted by Crippen LogP contribution is 2.27. The van der Waals surface area contributed by atoms with E-state index in [1.165, 1.54) is 0 Å². The van der Waals surface area contributed by atoms with E-state index in [0.717, 1.165) is 11.3 Å². The summed E-state index contributed by atoms with van der Waals surface area (Å²) in [4.78, 5) is 4.26. The van der Waals surface area contributed by atoms with Gasteiger partial charge in [0.25, 0.3) is 0 Å². The van der Waals surface area contributed by atoms with Gasteiger partial charge in [0.1, 0.15) is 12.1 Å². The van der Waals surface area contributed by atoms with Gasteiger partial charge in [-0.3, -0.25) is 4.40 Å². The van der Waals surface area contributed by atoms with E-state index in [0.29, 0.717) is 23.0 Å². The van der Waals surface area contributed by atoms with Gasteiger partial charge in [-0.25, -0.2) is 4.98 Å². The molecule has 3 rings (SSSR count). The highest BCUT2D eigenvalue weighted by molar-refractivity contribution is 6.31. The number of nitrogens with zero attached hydrogens (tertiary/aromatic N) is 4. The van der Waals surface area contributed by atoms with E-state index >= 15 is 0 Å². The highest BCUT2D eigenvalue weighted by Gasteiger charge is 2.09. The van der Waals surface area contributed by atoms with E-state index in [9.17, 15) is 0 Å². The lowest BCUT2D eigenvalue weighted by Gasteiger charge is -2.11. The fourth-order valence-electron chi connectivity index (χ4n) is 1.96. The number of hydrogen-bond acceptors (Lipinski definition) is 5. The van der Waals surface area contributed by atoms with Crippen molar-refractivity contribution in [1.82, 2.24) is 19.6 Å². The summed E-state index contributed by atoms with van der Waals surface area (Å²) in [5.41, 5.74) is 1.54. The molecule has 1 N–H and O–H groups in total. The molecule has 0 fully saturated rings. The number of ether oxygens (including phenoxy) is 1. The number of methoxy groups -OCH3 is 1. The Morgan fingerprint density at radius 1 is 1.40 bits per heavy atom. The Kier molecular flexibility index (Phi) is 3.39. The number of aromatic nitrogens is 4. The monoisotopic (exact) mass is 289 g/mol. The summed E-state index contributed by atoms with van der Waals surface area (Å²) >= 11 is 6.20. The molecule has 0 atom stereocenters. The summed E-state index contributed by atoms with van der Waals surface area (Å²) in [6.45, 7) is 0.488. The van der Waals surface area contributed by atoms with Crippen LogP contribution >= 0.6 is 11.6 Å². The largest absolute Gasteiger partial charge is 0.496 e. The molecule has 7 heteroatoms. The summed E-state index contributed by atoms with van der Waals surface area (Å²) in [5.74, 6) is 1.38. The van der Waals surface area contributed by atoms with Crippen molar-refractivity contribution in [1.29, 1.82) is 0 Å². The van der Waals surface area contributed by atoms with Crippen molar-refractivity contribution >= 4 is 23.1 Å². The average molecular weight is 290 g/mol. The van der Waals surface area contributed by atoms with Crippen molar-refractivity contribution in [3.63, 3.8) is 0 Å². The van der Waals surface area contributed by atoms with E-state index in [-0.39, 0.29) is 0 Å². The van der Waals surface area contributed by atoms with E-state index in [1.807, 2.05) is 18.2 Å². The summed E-state index contributed by atoms with van der Waals surface area (Å²) in [6.07, 6.45) is 5.09. The topological polar surface area (TPSA) is 64.3 Å². The number of rotatable bonds is 4. The van der Waals surface area contributed by atoms with Crippen LogP contribution < -0.4 is 10.1 Å². The second kappa shape index (κ2) is 5.34. The van der Waals surface area contributed by atoms with Crippen LogP contribution in [0, 0.1) is 0 Å². The molecule has 0 bridgehead atoms. The second-order valence-electron chi connectivity index (χ2n) is 4.11. The molecule has 0 aliphatic heterocycles. The van der Waals surface area contributed by atoms with Crippen molar-refractivity contribution in [2.75, 3.05) is 12.4 Å². The molecule has 0 unspecified atom stereocenters. The summed E-state index contributed by atoms with van der Waals surface area (Å²) in [7, 11) is 1.62. The summed E-state index contributed by atoms with van der Waals surface area (Å²) < 4.78 is 7.10. The molecular formula is C13H12ClN5O. The summed E-state index contributed by atoms with van der Waals surface area (Å²) in [6, 6.07) is 5.54. The number of hydrogen-bond donors (Lipinski definition) is 1. The first-order chi connectivity index (χ1) is 9.79. The van der Waals surface area contributed by atoms with Crippen LogP contribution in [0.25, 0.3) is 5.65 Å². The van der Waals surface area contributed by atoms with E-state index in [1.54, 1.807) is 30.2 Å². The smallest absolute Gasteiger partial charge is 0.203 e. The van der Waals surface area contributed by atoms with Crippen LogP contribution in [0.3, 0.4) is 0 Å². The maximum absolute atomic E-state index is 6.20. The van der Waals surface area contributed by atoms with Crippen molar-refractivity contribution in [2.45, 2.75) is 6.54 Å². The minimum Gasteiger partial charge on any atom is -0.496 e. The maximum atomic E-state index is 6.20. The molecule has 0 spiro atoms. The number of fused-ring (bicyclic) bond motifs is 1. The van der Waals surface area contributed by atoms with Gasteiger partial charge in [0.05, 0.1) is 7.11 Å². The molecule has 2 heterocycles. The molecule has 1 aromatic carbocycles. The van der Waals surface area contributed by atoms with Crippen LogP contribution in [0.2, 0.25) is 5.02 Å². The highest BCUT2D eigenvalue weighted by atomic mass is 35.5. The molecular weight excluding hydrogens is 278 g/mol. The Morgan fingerprint density at radius 3 is 3.15 bits per heavy atom. The predicted octanol–water partition coefficient (Wildman–Crippen LogP) is 2.40. The van der Waals surface area contributed by atoms with Gasteiger partial charge in [0.15, 0.2) is 5.82 Å². The van der Waals surface area contributed by atoms with Crippen LogP contribution in [0.15, 0.2) is 36.9 Å². The molecule has 0 saturated heterocycles. The molecule has 6 nitrogen and oxygen atoms in total. The van der Waals surface area contributed by atoms with Gasteiger partial charge in [-0.05, 0) is 12.1 Å². The zero-order valence-electron chi connectivity index (χ0n) is 10.7. The molecule has 20 heavy (non-hydrogen) atoms. The van der Waals surface area contributed by atoms with Crippen LogP contribution in [-0.2, 0) is 6.54 Å². The predicted molar refractivity (Wildman–Crippen MR) is 76.1 cm³/mol. The third kappa shape index (κ3) is 2.25. The number of halogens is 1. The normalized spacial score (nSPS) is 10.7. The Labute approximate surface area is 120 Å². The lowest BCUT2D eigenvalue weighted by atomic mass is 10.2. The SMILES string of the molecule is COc1cccc(Cl)c1CNc1nccn2cnnc12. The van der Waals surface area contributed by atoms with Crippen molar-refractivity contribution in [3.05, 3.63) is 47.5 Å². The number of nitrogens with one attached hydrogen (secondary N) is 1. The van der Waals surface area contributed by atoms with Crippen LogP contribution in [0.1, 0.15) is 5.56 Å². The van der Waals surface area contributed by atoms with Gasteiger partial charge in [-0.2, -0.15) is 0 Å². The second-order valence-corrected chi connectivity index (χ2v) is 4.52. The Hall–Kier alpha value is -2.34. The molecule has 0 radical (unpaired) electrons. The standard InChI is InChI=1S/C13H12ClN5O/c1-20-11-4-2-3-10(14)9(11)7-16-12-13-18-17-8-19(13)6-5-15-12/h2-6,8H,7H2,1H3,(H,15,16). The first kappa shape index (κ1) is 12.7. The van der Waals surface area contributed by atoms with E-state index in [4.69, 9.17) is 16.3 Å². The zero-order valence-corrected chi connectivity index (χ0v) is 11.5. The maximum Gasteiger partial charge on any atom is 0.203 e. The third-order valence-corrected chi connectivity index (χ3v) is 3.30. The lowest BCUT2D eigenvalue weighted by molar-refractivity contribution is 0.410. The minimum atomic E-state index is 0.488. The Bertz CT molecular complexity index is 742. The van der Waals surface area contributed by atoms with Gasteiger partial charge >= 0.3 is 0 Å². The van der Waals surface area contributed by atoms with Gasteiger partial charge in [-0.1, -0.05) is 17.7 Å². The van der Waals surface area contributed by atoms with Gasteiger partial charge in [0, 0.05) is 29.5 Å². The minimum absolute atomic E-state index is 0.488. The Balaban J connectivity index is 1.88. The zero-order chi connectivity index (χ0) is 13.9. The quantitative estimate of drug-likeness (QED) is 0.799. The van der Waals surface area contributed by atoms with E-state index in [2.05, 4.69) is 20.5 Å². The first-order valence-electron chi connectivity index (χ1n) is 5.99. The van der Waals surface area contributed by atoms with Crippen LogP contribution in [0.5, 0.6) is 5.75 Å². The van der Waals surface area contributed by atoms with Gasteiger partial charge in [-0.15, -0.1) is 10.2 Å². The van der Waals surface area contributed by atoms with Crippen molar-refractivity contribution < 1.29 is 4.74 Å².